The van der Waals surface area contributed by atoms with E-state index in [0.717, 1.165) is 17.1 Å². The number of benzene rings is 1. The molecule has 1 aromatic carbocycles. The highest BCUT2D eigenvalue weighted by molar-refractivity contribution is 7.15. The summed E-state index contributed by atoms with van der Waals surface area (Å²) in [6.07, 6.45) is -1.11. The van der Waals surface area contributed by atoms with E-state index in [1.165, 1.54) is 0 Å². The van der Waals surface area contributed by atoms with Crippen LogP contribution in [0.2, 0.25) is 0 Å². The van der Waals surface area contributed by atoms with Gasteiger partial charge in [-0.3, -0.25) is 9.59 Å². The number of hydrogen-bond acceptors (Lipinski definition) is 7. The summed E-state index contributed by atoms with van der Waals surface area (Å²) >= 11 is 0.618. The zero-order valence-electron chi connectivity index (χ0n) is 17.6. The van der Waals surface area contributed by atoms with Gasteiger partial charge in [0.15, 0.2) is 5.13 Å². The van der Waals surface area contributed by atoms with E-state index >= 15 is 0 Å². The van der Waals surface area contributed by atoms with Crippen molar-refractivity contribution in [2.45, 2.75) is 19.0 Å². The molecule has 3 heterocycles. The number of piperazine rings is 1. The molecule has 1 amide bonds. The molecule has 3 aromatic rings. The SMILES string of the molecule is O=C(CCOCCc1cccc2c(=O)[nH]ncc12)N1CCN(c2ncc(C(F)(F)F)s2)CC1. The minimum Gasteiger partial charge on any atom is -0.381 e. The van der Waals surface area contributed by atoms with Gasteiger partial charge in [0.05, 0.1) is 37.4 Å². The highest BCUT2D eigenvalue weighted by Gasteiger charge is 2.34. The summed E-state index contributed by atoms with van der Waals surface area (Å²) in [7, 11) is 0. The number of carbonyl (C=O) groups is 1. The Bertz CT molecular complexity index is 1170. The number of rotatable bonds is 7. The van der Waals surface area contributed by atoms with Gasteiger partial charge < -0.3 is 14.5 Å². The van der Waals surface area contributed by atoms with Gasteiger partial charge in [0.2, 0.25) is 5.91 Å². The molecule has 12 heteroatoms. The Morgan fingerprint density at radius 2 is 1.91 bits per heavy atom. The van der Waals surface area contributed by atoms with Crippen molar-refractivity contribution in [3.05, 3.63) is 51.4 Å². The van der Waals surface area contributed by atoms with Crippen LogP contribution >= 0.6 is 11.3 Å². The normalized spacial score (nSPS) is 14.8. The number of aromatic amines is 1. The van der Waals surface area contributed by atoms with Gasteiger partial charge in [0.1, 0.15) is 4.88 Å². The van der Waals surface area contributed by atoms with E-state index < -0.39 is 11.1 Å². The van der Waals surface area contributed by atoms with Crippen LogP contribution in [-0.2, 0) is 22.1 Å². The van der Waals surface area contributed by atoms with Gasteiger partial charge in [-0.15, -0.1) is 0 Å². The van der Waals surface area contributed by atoms with Crippen LogP contribution in [0.5, 0.6) is 0 Å². The average Bonchev–Trinajstić information content (AvgIpc) is 3.30. The number of H-pyrrole nitrogens is 1. The van der Waals surface area contributed by atoms with Crippen molar-refractivity contribution in [1.29, 1.82) is 0 Å². The fraction of sp³-hybridized carbons (Fsp3) is 0.429. The first-order chi connectivity index (χ1) is 15.8. The number of halogens is 3. The largest absolute Gasteiger partial charge is 0.427 e. The number of carbonyl (C=O) groups excluding carboxylic acids is 1. The molecule has 8 nitrogen and oxygen atoms in total. The van der Waals surface area contributed by atoms with E-state index in [2.05, 4.69) is 15.2 Å². The Morgan fingerprint density at radius 1 is 1.12 bits per heavy atom. The van der Waals surface area contributed by atoms with Gasteiger partial charge in [-0.25, -0.2) is 10.1 Å². The van der Waals surface area contributed by atoms with Gasteiger partial charge >= 0.3 is 6.18 Å². The molecule has 0 spiro atoms. The molecule has 0 aliphatic carbocycles. The molecule has 0 saturated carbocycles. The minimum atomic E-state index is -4.39. The van der Waals surface area contributed by atoms with Crippen molar-refractivity contribution in [3.8, 4) is 0 Å². The maximum Gasteiger partial charge on any atom is 0.427 e. The molecule has 0 radical (unpaired) electrons. The highest BCUT2D eigenvalue weighted by atomic mass is 32.1. The summed E-state index contributed by atoms with van der Waals surface area (Å²) in [5.74, 6) is -0.0503. The number of alkyl halides is 3. The fourth-order valence-corrected chi connectivity index (χ4v) is 4.52. The molecule has 1 aliphatic heterocycles. The lowest BCUT2D eigenvalue weighted by Crippen LogP contribution is -2.49. The first-order valence-corrected chi connectivity index (χ1v) is 11.2. The molecule has 1 saturated heterocycles. The third-order valence-electron chi connectivity index (χ3n) is 5.45. The molecule has 2 aromatic heterocycles. The number of nitrogens with one attached hydrogen (secondary N) is 1. The van der Waals surface area contributed by atoms with Crippen molar-refractivity contribution < 1.29 is 22.7 Å². The van der Waals surface area contributed by atoms with Crippen molar-refractivity contribution in [2.24, 2.45) is 0 Å². The molecule has 1 N–H and O–H groups in total. The smallest absolute Gasteiger partial charge is 0.381 e. The third kappa shape index (κ3) is 5.50. The number of hydrogen-bond donors (Lipinski definition) is 1. The summed E-state index contributed by atoms with van der Waals surface area (Å²) in [6.45, 7) is 2.40. The lowest BCUT2D eigenvalue weighted by atomic mass is 10.1. The van der Waals surface area contributed by atoms with E-state index in [9.17, 15) is 22.8 Å². The van der Waals surface area contributed by atoms with Crippen molar-refractivity contribution in [2.75, 3.05) is 44.3 Å². The van der Waals surface area contributed by atoms with E-state index in [-0.39, 0.29) is 24.5 Å². The van der Waals surface area contributed by atoms with Crippen molar-refractivity contribution in [3.63, 3.8) is 0 Å². The molecule has 33 heavy (non-hydrogen) atoms. The number of anilines is 1. The van der Waals surface area contributed by atoms with Crippen LogP contribution in [0.4, 0.5) is 18.3 Å². The number of amides is 1. The zero-order chi connectivity index (χ0) is 23.4. The number of thiazole rings is 1. The molecular formula is C21H22F3N5O3S. The molecule has 1 fully saturated rings. The maximum atomic E-state index is 12.8. The molecule has 176 valence electrons. The Labute approximate surface area is 191 Å². The van der Waals surface area contributed by atoms with Crippen LogP contribution in [0.1, 0.15) is 16.9 Å². The molecule has 4 rings (SSSR count). The number of fused-ring (bicyclic) bond motifs is 1. The topological polar surface area (TPSA) is 91.4 Å². The Hall–Kier alpha value is -2.99. The van der Waals surface area contributed by atoms with Crippen LogP contribution in [0.3, 0.4) is 0 Å². The van der Waals surface area contributed by atoms with E-state index in [1.807, 2.05) is 12.1 Å². The number of ether oxygens (including phenoxy) is 1. The molecular weight excluding hydrogens is 459 g/mol. The third-order valence-corrected chi connectivity index (χ3v) is 6.56. The first-order valence-electron chi connectivity index (χ1n) is 10.4. The Kier molecular flexibility index (Phi) is 6.94. The van der Waals surface area contributed by atoms with Crippen LogP contribution in [-0.4, -0.2) is 65.4 Å². The Morgan fingerprint density at radius 3 is 2.64 bits per heavy atom. The second-order valence-corrected chi connectivity index (χ2v) is 8.57. The number of aromatic nitrogens is 3. The van der Waals surface area contributed by atoms with Gasteiger partial charge in [-0.1, -0.05) is 23.5 Å². The standard InChI is InChI=1S/C21H22F3N5O3S/c22-21(23,24)17-13-25-20(33-17)29-8-6-28(7-9-29)18(30)5-11-32-10-4-14-2-1-3-15-16(14)12-26-27-19(15)31/h1-3,12-13H,4-11H2,(H,27,31). The molecule has 0 atom stereocenters. The van der Waals surface area contributed by atoms with Gasteiger partial charge in [-0.05, 0) is 18.1 Å². The van der Waals surface area contributed by atoms with Gasteiger partial charge in [-0.2, -0.15) is 18.3 Å². The minimum absolute atomic E-state index is 0.0503. The molecule has 0 unspecified atom stereocenters. The van der Waals surface area contributed by atoms with Crippen LogP contribution in [0, 0.1) is 0 Å². The lowest BCUT2D eigenvalue weighted by Gasteiger charge is -2.34. The highest BCUT2D eigenvalue weighted by Crippen LogP contribution is 2.36. The quantitative estimate of drug-likeness (QED) is 0.522. The maximum absolute atomic E-state index is 12.8. The second kappa shape index (κ2) is 9.87. The van der Waals surface area contributed by atoms with Crippen LogP contribution < -0.4 is 10.5 Å². The Balaban J connectivity index is 1.19. The lowest BCUT2D eigenvalue weighted by molar-refractivity contribution is -0.134. The fourth-order valence-electron chi connectivity index (χ4n) is 3.69. The van der Waals surface area contributed by atoms with Crippen LogP contribution in [0.15, 0.2) is 35.4 Å². The monoisotopic (exact) mass is 481 g/mol. The first kappa shape index (κ1) is 23.2. The summed E-state index contributed by atoms with van der Waals surface area (Å²) in [5.41, 5.74) is 0.709. The summed E-state index contributed by atoms with van der Waals surface area (Å²) < 4.78 is 43.9. The molecule has 1 aliphatic rings. The van der Waals surface area contributed by atoms with Crippen LogP contribution in [0.25, 0.3) is 10.8 Å². The zero-order valence-corrected chi connectivity index (χ0v) is 18.4. The summed E-state index contributed by atoms with van der Waals surface area (Å²) in [5, 5.41) is 7.93. The van der Waals surface area contributed by atoms with Gasteiger partial charge in [0, 0.05) is 31.6 Å². The van der Waals surface area contributed by atoms with E-state index in [1.54, 1.807) is 22.1 Å². The summed E-state index contributed by atoms with van der Waals surface area (Å²) in [4.78, 5) is 30.9. The van der Waals surface area contributed by atoms with E-state index in [0.29, 0.717) is 61.1 Å². The number of nitrogens with zero attached hydrogens (tertiary/aromatic N) is 4. The van der Waals surface area contributed by atoms with Crippen molar-refractivity contribution >= 4 is 33.1 Å². The molecule has 0 bridgehead atoms. The average molecular weight is 482 g/mol. The predicted molar refractivity (Wildman–Crippen MR) is 117 cm³/mol. The van der Waals surface area contributed by atoms with Gasteiger partial charge in [0.25, 0.3) is 5.56 Å². The summed E-state index contributed by atoms with van der Waals surface area (Å²) in [6, 6.07) is 5.46. The second-order valence-electron chi connectivity index (χ2n) is 7.56. The predicted octanol–water partition coefficient (Wildman–Crippen LogP) is 2.70. The van der Waals surface area contributed by atoms with Crippen molar-refractivity contribution in [1.82, 2.24) is 20.1 Å². The van der Waals surface area contributed by atoms with E-state index in [4.69, 9.17) is 4.74 Å².